The first-order valence-corrected chi connectivity index (χ1v) is 8.79. The van der Waals surface area contributed by atoms with E-state index in [9.17, 15) is 8.42 Å². The summed E-state index contributed by atoms with van der Waals surface area (Å²) in [7, 11) is -3.13. The molecule has 0 atom stereocenters. The van der Waals surface area contributed by atoms with Crippen LogP contribution in [0.3, 0.4) is 0 Å². The van der Waals surface area contributed by atoms with Gasteiger partial charge in [-0.1, -0.05) is 6.07 Å². The molecular weight excluding hydrogens is 298 g/mol. The third kappa shape index (κ3) is 3.71. The highest BCUT2D eigenvalue weighted by molar-refractivity contribution is 7.88. The van der Waals surface area contributed by atoms with Gasteiger partial charge in [-0.05, 0) is 31.0 Å². The standard InChI is InChI=1S/C13H18ClN3O2S/c1-10-4-5-11-12(8-10)17(13(9-14)16-11)7-3-6-15-20(2,18)19/h4-5,8,15H,3,6-7,9H2,1-2H3. The Bertz CT molecular complexity index is 710. The lowest BCUT2D eigenvalue weighted by atomic mass is 10.2. The number of rotatable bonds is 6. The predicted octanol–water partition coefficient (Wildman–Crippen LogP) is 2.02. The number of nitrogens with one attached hydrogen (secondary N) is 1. The number of sulfonamides is 1. The molecule has 5 nitrogen and oxygen atoms in total. The highest BCUT2D eigenvalue weighted by Crippen LogP contribution is 2.19. The van der Waals surface area contributed by atoms with E-state index < -0.39 is 10.0 Å². The van der Waals surface area contributed by atoms with E-state index in [0.29, 0.717) is 25.4 Å². The van der Waals surface area contributed by atoms with Crippen LogP contribution in [0.5, 0.6) is 0 Å². The van der Waals surface area contributed by atoms with Gasteiger partial charge in [-0.3, -0.25) is 0 Å². The topological polar surface area (TPSA) is 64.0 Å². The Kier molecular flexibility index (Phi) is 4.67. The Labute approximate surface area is 124 Å². The largest absolute Gasteiger partial charge is 0.327 e. The Morgan fingerprint density at radius 2 is 2.15 bits per heavy atom. The number of hydrogen-bond donors (Lipinski definition) is 1. The molecule has 0 aliphatic carbocycles. The van der Waals surface area contributed by atoms with Crippen molar-refractivity contribution in [3.8, 4) is 0 Å². The van der Waals surface area contributed by atoms with Gasteiger partial charge in [0.15, 0.2) is 0 Å². The minimum absolute atomic E-state index is 0.341. The van der Waals surface area contributed by atoms with E-state index in [4.69, 9.17) is 11.6 Å². The molecule has 20 heavy (non-hydrogen) atoms. The van der Waals surface area contributed by atoms with Crippen LogP contribution in [0.2, 0.25) is 0 Å². The molecule has 0 saturated carbocycles. The zero-order valence-electron chi connectivity index (χ0n) is 11.6. The number of alkyl halides is 1. The number of imidazole rings is 1. The van der Waals surface area contributed by atoms with E-state index in [1.165, 1.54) is 0 Å². The molecule has 0 aliphatic heterocycles. The summed E-state index contributed by atoms with van der Waals surface area (Å²) in [6, 6.07) is 6.07. The zero-order valence-corrected chi connectivity index (χ0v) is 13.1. The Morgan fingerprint density at radius 3 is 2.80 bits per heavy atom. The first-order chi connectivity index (χ1) is 9.40. The van der Waals surface area contributed by atoms with Gasteiger partial charge < -0.3 is 4.57 Å². The Hall–Kier alpha value is -1.11. The Morgan fingerprint density at radius 1 is 1.40 bits per heavy atom. The summed E-state index contributed by atoms with van der Waals surface area (Å²) in [5, 5.41) is 0. The average molecular weight is 316 g/mol. The van der Waals surface area contributed by atoms with Crippen LogP contribution < -0.4 is 4.72 Å². The second-order valence-electron chi connectivity index (χ2n) is 4.83. The molecule has 110 valence electrons. The molecule has 0 unspecified atom stereocenters. The smallest absolute Gasteiger partial charge is 0.208 e. The highest BCUT2D eigenvalue weighted by Gasteiger charge is 2.10. The monoisotopic (exact) mass is 315 g/mol. The van der Waals surface area contributed by atoms with Gasteiger partial charge in [0, 0.05) is 13.1 Å². The zero-order chi connectivity index (χ0) is 14.8. The Balaban J connectivity index is 2.17. The molecule has 2 rings (SSSR count). The molecule has 2 aromatic rings. The van der Waals surface area contributed by atoms with Crippen LogP contribution >= 0.6 is 11.6 Å². The lowest BCUT2D eigenvalue weighted by molar-refractivity contribution is 0.575. The molecular formula is C13H18ClN3O2S. The van der Waals surface area contributed by atoms with Gasteiger partial charge in [-0.2, -0.15) is 0 Å². The number of hydrogen-bond acceptors (Lipinski definition) is 3. The third-order valence-corrected chi connectivity index (χ3v) is 3.99. The third-order valence-electron chi connectivity index (χ3n) is 3.03. The van der Waals surface area contributed by atoms with Crippen LogP contribution in [0.15, 0.2) is 18.2 Å². The number of benzene rings is 1. The van der Waals surface area contributed by atoms with Gasteiger partial charge in [0.05, 0.1) is 23.2 Å². The maximum absolute atomic E-state index is 11.0. The minimum atomic E-state index is -3.13. The van der Waals surface area contributed by atoms with Gasteiger partial charge in [0.25, 0.3) is 0 Å². The lowest BCUT2D eigenvalue weighted by Gasteiger charge is -2.08. The molecule has 1 aromatic carbocycles. The maximum Gasteiger partial charge on any atom is 0.208 e. The summed E-state index contributed by atoms with van der Waals surface area (Å²) in [6.45, 7) is 3.12. The highest BCUT2D eigenvalue weighted by atomic mass is 35.5. The molecule has 7 heteroatoms. The van der Waals surface area contributed by atoms with Crippen molar-refractivity contribution in [2.45, 2.75) is 25.8 Å². The molecule has 1 N–H and O–H groups in total. The van der Waals surface area contributed by atoms with Crippen LogP contribution in [-0.2, 0) is 22.4 Å². The summed E-state index contributed by atoms with van der Waals surface area (Å²) in [4.78, 5) is 4.49. The molecule has 1 aromatic heterocycles. The quantitative estimate of drug-likeness (QED) is 0.655. The molecule has 0 spiro atoms. The number of aryl methyl sites for hydroxylation is 2. The van der Waals surface area contributed by atoms with Gasteiger partial charge in [-0.25, -0.2) is 18.1 Å². The summed E-state index contributed by atoms with van der Waals surface area (Å²) >= 11 is 5.93. The number of aromatic nitrogens is 2. The number of fused-ring (bicyclic) bond motifs is 1. The van der Waals surface area contributed by atoms with Crippen molar-refractivity contribution >= 4 is 32.7 Å². The van der Waals surface area contributed by atoms with Gasteiger partial charge in [-0.15, -0.1) is 11.6 Å². The first-order valence-electron chi connectivity index (χ1n) is 6.37. The van der Waals surface area contributed by atoms with Crippen LogP contribution in [-0.4, -0.2) is 30.8 Å². The van der Waals surface area contributed by atoms with E-state index >= 15 is 0 Å². The molecule has 0 saturated heterocycles. The van der Waals surface area contributed by atoms with Gasteiger partial charge in [0.2, 0.25) is 10.0 Å². The van der Waals surface area contributed by atoms with Crippen molar-refractivity contribution < 1.29 is 8.42 Å². The molecule has 0 aliphatic rings. The SMILES string of the molecule is Cc1ccc2nc(CCl)n(CCCNS(C)(=O)=O)c2c1. The lowest BCUT2D eigenvalue weighted by Crippen LogP contribution is -2.24. The number of nitrogens with zero attached hydrogens (tertiary/aromatic N) is 2. The van der Waals surface area contributed by atoms with Crippen molar-refractivity contribution in [1.29, 1.82) is 0 Å². The van der Waals surface area contributed by atoms with Crippen LogP contribution in [0, 0.1) is 6.92 Å². The molecule has 0 bridgehead atoms. The van der Waals surface area contributed by atoms with E-state index in [0.717, 1.165) is 28.7 Å². The number of halogens is 1. The normalized spacial score (nSPS) is 12.2. The van der Waals surface area contributed by atoms with Crippen molar-refractivity contribution in [1.82, 2.24) is 14.3 Å². The van der Waals surface area contributed by atoms with E-state index in [1.54, 1.807) is 0 Å². The van der Waals surface area contributed by atoms with Crippen LogP contribution in [0.1, 0.15) is 17.8 Å². The summed E-state index contributed by atoms with van der Waals surface area (Å²) in [5.74, 6) is 1.15. The second kappa shape index (κ2) is 6.11. The van der Waals surface area contributed by atoms with Crippen LogP contribution in [0.25, 0.3) is 11.0 Å². The molecule has 0 amide bonds. The fourth-order valence-electron chi connectivity index (χ4n) is 2.13. The second-order valence-corrected chi connectivity index (χ2v) is 6.93. The van der Waals surface area contributed by atoms with Crippen LogP contribution in [0.4, 0.5) is 0 Å². The first kappa shape index (κ1) is 15.3. The minimum Gasteiger partial charge on any atom is -0.327 e. The van der Waals surface area contributed by atoms with Gasteiger partial charge in [0.1, 0.15) is 5.82 Å². The van der Waals surface area contributed by atoms with Crippen molar-refractivity contribution in [2.75, 3.05) is 12.8 Å². The molecule has 0 radical (unpaired) electrons. The molecule has 1 heterocycles. The summed E-state index contributed by atoms with van der Waals surface area (Å²) in [5.41, 5.74) is 3.12. The maximum atomic E-state index is 11.0. The summed E-state index contributed by atoms with van der Waals surface area (Å²) < 4.78 is 26.6. The van der Waals surface area contributed by atoms with E-state index in [2.05, 4.69) is 20.3 Å². The van der Waals surface area contributed by atoms with E-state index in [1.807, 2.05) is 19.1 Å². The summed E-state index contributed by atoms with van der Waals surface area (Å²) in [6.07, 6.45) is 1.85. The van der Waals surface area contributed by atoms with Crippen molar-refractivity contribution in [3.63, 3.8) is 0 Å². The average Bonchev–Trinajstić information content (AvgIpc) is 2.71. The van der Waals surface area contributed by atoms with E-state index in [-0.39, 0.29) is 0 Å². The predicted molar refractivity (Wildman–Crippen MR) is 81.5 cm³/mol. The molecule has 0 fully saturated rings. The van der Waals surface area contributed by atoms with Gasteiger partial charge >= 0.3 is 0 Å². The fraction of sp³-hybridized carbons (Fsp3) is 0.462. The fourth-order valence-corrected chi connectivity index (χ4v) is 2.85. The van der Waals surface area contributed by atoms with Crippen molar-refractivity contribution in [3.05, 3.63) is 29.6 Å². The van der Waals surface area contributed by atoms with Crippen molar-refractivity contribution in [2.24, 2.45) is 0 Å².